The number of carbonyl (C=O) groups excluding carboxylic acids is 1. The van der Waals surface area contributed by atoms with Gasteiger partial charge in [0, 0.05) is 56.8 Å². The quantitative estimate of drug-likeness (QED) is 0.398. The van der Waals surface area contributed by atoms with Crippen molar-refractivity contribution in [3.05, 3.63) is 60.0 Å². The summed E-state index contributed by atoms with van der Waals surface area (Å²) in [7, 11) is 0. The van der Waals surface area contributed by atoms with Crippen molar-refractivity contribution in [2.75, 3.05) is 44.3 Å². The molecular formula is C26H26F4N6O3. The van der Waals surface area contributed by atoms with Gasteiger partial charge in [0.25, 0.3) is 11.8 Å². The molecule has 0 saturated carbocycles. The summed E-state index contributed by atoms with van der Waals surface area (Å²) in [5, 5.41) is 6.88. The first-order chi connectivity index (χ1) is 18.8. The van der Waals surface area contributed by atoms with E-state index in [1.807, 2.05) is 4.90 Å². The van der Waals surface area contributed by atoms with E-state index in [9.17, 15) is 18.0 Å². The lowest BCUT2D eigenvalue weighted by Crippen LogP contribution is -2.74. The Bertz CT molecular complexity index is 1320. The van der Waals surface area contributed by atoms with E-state index in [0.717, 1.165) is 32.7 Å². The van der Waals surface area contributed by atoms with Crippen molar-refractivity contribution < 1.29 is 31.5 Å². The van der Waals surface area contributed by atoms with Crippen LogP contribution in [0, 0.1) is 5.82 Å². The van der Waals surface area contributed by atoms with Gasteiger partial charge in [-0.15, -0.1) is 10.2 Å². The molecule has 2 aromatic heterocycles. The van der Waals surface area contributed by atoms with Crippen molar-refractivity contribution in [3.63, 3.8) is 0 Å². The Kier molecular flexibility index (Phi) is 6.81. The summed E-state index contributed by atoms with van der Waals surface area (Å²) >= 11 is 0. The fraction of sp³-hybridized carbons (Fsp3) is 0.462. The van der Waals surface area contributed by atoms with Crippen molar-refractivity contribution >= 4 is 11.6 Å². The van der Waals surface area contributed by atoms with Crippen molar-refractivity contribution in [1.29, 1.82) is 0 Å². The van der Waals surface area contributed by atoms with Crippen LogP contribution in [0.25, 0.3) is 11.5 Å². The van der Waals surface area contributed by atoms with Crippen molar-refractivity contribution in [3.8, 4) is 11.5 Å². The molecule has 0 spiro atoms. The summed E-state index contributed by atoms with van der Waals surface area (Å²) in [6.07, 6.45) is -0.563. The topological polar surface area (TPSA) is 87.8 Å². The van der Waals surface area contributed by atoms with Crippen LogP contribution >= 0.6 is 0 Å². The predicted molar refractivity (Wildman–Crippen MR) is 130 cm³/mol. The van der Waals surface area contributed by atoms with E-state index in [4.69, 9.17) is 9.15 Å². The molecular weight excluding hydrogens is 520 g/mol. The normalized spacial score (nSPS) is 21.6. The zero-order chi connectivity index (χ0) is 27.1. The maximum absolute atomic E-state index is 15.9. The second-order valence-electron chi connectivity index (χ2n) is 10.2. The molecule has 3 fully saturated rings. The summed E-state index contributed by atoms with van der Waals surface area (Å²) in [5.41, 5.74) is -1.23. The first-order valence-electron chi connectivity index (χ1n) is 12.7. The number of ether oxygens (including phenoxy) is 1. The van der Waals surface area contributed by atoms with Gasteiger partial charge in [0.2, 0.25) is 11.6 Å². The molecule has 3 saturated heterocycles. The molecule has 1 amide bonds. The molecule has 0 N–H and O–H groups in total. The summed E-state index contributed by atoms with van der Waals surface area (Å²) in [6, 6.07) is 9.05. The van der Waals surface area contributed by atoms with E-state index in [-0.39, 0.29) is 37.3 Å². The number of pyridine rings is 1. The third-order valence-corrected chi connectivity index (χ3v) is 7.50. The molecule has 9 nitrogen and oxygen atoms in total. The smallest absolute Gasteiger partial charge is 0.314 e. The van der Waals surface area contributed by atoms with E-state index in [1.54, 1.807) is 0 Å². The predicted octanol–water partition coefficient (Wildman–Crippen LogP) is 3.24. The minimum absolute atomic E-state index is 0.0344. The highest BCUT2D eigenvalue weighted by atomic mass is 19.3. The summed E-state index contributed by atoms with van der Waals surface area (Å²) < 4.78 is 65.8. The van der Waals surface area contributed by atoms with Crippen LogP contribution in [0.15, 0.2) is 47.0 Å². The van der Waals surface area contributed by atoms with Gasteiger partial charge in [-0.25, -0.2) is 8.78 Å². The third-order valence-electron chi connectivity index (χ3n) is 7.50. The Balaban J connectivity index is 1.14. The maximum Gasteiger partial charge on any atom is 0.314 e. The van der Waals surface area contributed by atoms with Gasteiger partial charge in [0.05, 0.1) is 24.4 Å². The van der Waals surface area contributed by atoms with Gasteiger partial charge in [0.1, 0.15) is 5.82 Å². The molecule has 13 heteroatoms. The molecule has 3 aliphatic heterocycles. The molecule has 0 radical (unpaired) electrons. The van der Waals surface area contributed by atoms with Gasteiger partial charge in [-0.3, -0.25) is 19.6 Å². The van der Waals surface area contributed by atoms with Gasteiger partial charge in [-0.05, 0) is 36.8 Å². The molecule has 1 atom stereocenters. The van der Waals surface area contributed by atoms with Gasteiger partial charge in [-0.2, -0.15) is 8.78 Å². The average molecular weight is 547 g/mol. The van der Waals surface area contributed by atoms with Crippen LogP contribution in [0.5, 0.6) is 0 Å². The lowest BCUT2D eigenvalue weighted by Gasteiger charge is -2.55. The van der Waals surface area contributed by atoms with E-state index in [2.05, 4.69) is 20.1 Å². The molecule has 5 heterocycles. The van der Waals surface area contributed by atoms with Gasteiger partial charge in [-0.1, -0.05) is 6.07 Å². The molecule has 0 aliphatic carbocycles. The number of carbonyl (C=O) groups is 1. The zero-order valence-electron chi connectivity index (χ0n) is 20.9. The highest BCUT2D eigenvalue weighted by Gasteiger charge is 2.55. The number of likely N-dealkylation sites (tertiary alicyclic amines) is 2. The van der Waals surface area contributed by atoms with E-state index in [1.165, 1.54) is 47.5 Å². The average Bonchev–Trinajstić information content (AvgIpc) is 3.58. The number of amides is 1. The Morgan fingerprint density at radius 3 is 2.59 bits per heavy atom. The number of hydrogen-bond donors (Lipinski definition) is 0. The van der Waals surface area contributed by atoms with E-state index in [0.29, 0.717) is 17.3 Å². The second-order valence-corrected chi connectivity index (χ2v) is 10.2. The Morgan fingerprint density at radius 2 is 1.95 bits per heavy atom. The zero-order valence-corrected chi connectivity index (χ0v) is 20.9. The largest absolute Gasteiger partial charge is 0.415 e. The Labute approximate surface area is 221 Å². The minimum Gasteiger partial charge on any atom is -0.415 e. The maximum atomic E-state index is 15.9. The van der Waals surface area contributed by atoms with Crippen LogP contribution < -0.4 is 4.90 Å². The minimum atomic E-state index is -2.90. The fourth-order valence-electron chi connectivity index (χ4n) is 5.23. The molecule has 1 aromatic carbocycles. The Hall–Kier alpha value is -3.42. The molecule has 206 valence electrons. The number of benzene rings is 1. The first-order valence-corrected chi connectivity index (χ1v) is 12.7. The lowest BCUT2D eigenvalue weighted by atomic mass is 9.89. The lowest BCUT2D eigenvalue weighted by molar-refractivity contribution is -0.151. The van der Waals surface area contributed by atoms with Crippen molar-refractivity contribution in [2.45, 2.75) is 37.1 Å². The highest BCUT2D eigenvalue weighted by Crippen LogP contribution is 2.35. The number of alkyl halides is 3. The molecule has 3 aliphatic rings. The number of hydrogen-bond acceptors (Lipinski definition) is 8. The van der Waals surface area contributed by atoms with Gasteiger partial charge in [0.15, 0.2) is 0 Å². The fourth-order valence-corrected chi connectivity index (χ4v) is 5.23. The number of nitrogens with zero attached hydrogens (tertiary/aromatic N) is 6. The molecule has 0 bridgehead atoms. The van der Waals surface area contributed by atoms with Crippen LogP contribution in [0.2, 0.25) is 0 Å². The van der Waals surface area contributed by atoms with Crippen molar-refractivity contribution in [2.24, 2.45) is 0 Å². The number of aromatic nitrogens is 3. The van der Waals surface area contributed by atoms with E-state index >= 15 is 4.39 Å². The summed E-state index contributed by atoms with van der Waals surface area (Å²) in [6.45, 7) is 2.94. The van der Waals surface area contributed by atoms with Crippen LogP contribution in [0.3, 0.4) is 0 Å². The second kappa shape index (κ2) is 10.3. The molecule has 6 rings (SSSR count). The number of halogens is 4. The first kappa shape index (κ1) is 25.8. The SMILES string of the molecule is O=C(N(Cc1ccc(-c2nnc(C(F)F)o2)cn1)c1cccc(F)c1)C1(F)CN(C2CN(C3CCOC3)C2)C1. The number of anilines is 1. The van der Waals surface area contributed by atoms with Crippen LogP contribution in [0.4, 0.5) is 23.2 Å². The molecule has 3 aromatic rings. The molecule has 39 heavy (non-hydrogen) atoms. The Morgan fingerprint density at radius 1 is 1.13 bits per heavy atom. The third kappa shape index (κ3) is 5.13. The monoisotopic (exact) mass is 546 g/mol. The number of rotatable bonds is 8. The van der Waals surface area contributed by atoms with E-state index < -0.39 is 29.7 Å². The highest BCUT2D eigenvalue weighted by molar-refractivity contribution is 6.00. The van der Waals surface area contributed by atoms with Crippen LogP contribution in [-0.2, 0) is 16.1 Å². The standard InChI is InChI=1S/C26H26F4N6O3/c27-17-2-1-3-19(8-17)36(10-18-5-4-16(9-31-18)23-32-33-24(39-23)22(28)29)25(37)26(30)14-35(15-26)21-11-34(12-21)20-6-7-38-13-20/h1-5,8-9,20-22H,6-7,10-15H2. The van der Waals surface area contributed by atoms with Gasteiger partial charge >= 0.3 is 6.43 Å². The van der Waals surface area contributed by atoms with Crippen LogP contribution in [-0.4, -0.2) is 88.0 Å². The summed E-state index contributed by atoms with van der Waals surface area (Å²) in [4.78, 5) is 23.3. The molecule has 1 unspecified atom stereocenters. The van der Waals surface area contributed by atoms with Crippen LogP contribution in [0.1, 0.15) is 24.4 Å². The van der Waals surface area contributed by atoms with Gasteiger partial charge < -0.3 is 14.1 Å². The van der Waals surface area contributed by atoms with Crippen molar-refractivity contribution in [1.82, 2.24) is 25.0 Å². The summed E-state index contributed by atoms with van der Waals surface area (Å²) in [5.74, 6) is -2.26.